The predicted octanol–water partition coefficient (Wildman–Crippen LogP) is 4.08. The van der Waals surface area contributed by atoms with Gasteiger partial charge >= 0.3 is 27.2 Å². The summed E-state index contributed by atoms with van der Waals surface area (Å²) >= 11 is 0. The van der Waals surface area contributed by atoms with E-state index in [1.54, 1.807) is 36.4 Å². The van der Waals surface area contributed by atoms with Crippen molar-refractivity contribution in [2.75, 3.05) is 0 Å². The molecule has 0 radical (unpaired) electrons. The first-order chi connectivity index (χ1) is 15.1. The molecule has 1 aromatic carbocycles. The molecule has 33 heavy (non-hydrogen) atoms. The largest absolute Gasteiger partial charge is 2.00 e. The minimum atomic E-state index is -4.59. The van der Waals surface area contributed by atoms with Gasteiger partial charge in [0, 0.05) is 28.0 Å². The second-order valence-corrected chi connectivity index (χ2v) is 11.9. The average molecular weight is 654 g/mol. The van der Waals surface area contributed by atoms with Gasteiger partial charge < -0.3 is 15.2 Å². The quantitative estimate of drug-likeness (QED) is 0.190. The molecule has 4 rings (SSSR count). The molecule has 11 heteroatoms. The van der Waals surface area contributed by atoms with E-state index in [1.807, 2.05) is 13.1 Å². The smallest absolute Gasteiger partial charge is 0.573 e. The Morgan fingerprint density at radius 1 is 0.909 bits per heavy atom. The Morgan fingerprint density at radius 3 is 2.09 bits per heavy atom. The molecule has 0 N–H and O–H groups in total. The fraction of sp³-hybridized carbons (Fsp3) is 0.136. The minimum absolute atomic E-state index is 0. The molecule has 0 spiro atoms. The summed E-state index contributed by atoms with van der Waals surface area (Å²) in [7, 11) is -2.55. The fourth-order valence-corrected chi connectivity index (χ4v) is 5.27. The maximum Gasteiger partial charge on any atom is 2.00 e. The van der Waals surface area contributed by atoms with Gasteiger partial charge in [0.05, 0.1) is 0 Å². The van der Waals surface area contributed by atoms with Crippen molar-refractivity contribution >= 4 is 18.7 Å². The zero-order chi connectivity index (χ0) is 23.1. The van der Waals surface area contributed by atoms with Crippen LogP contribution in [0.25, 0.3) is 22.6 Å². The topological polar surface area (TPSA) is 52.8 Å². The molecule has 3 heterocycles. The number of hydrogen-bond donors (Lipinski definition) is 0. The number of benzene rings is 1. The Morgan fingerprint density at radius 2 is 1.52 bits per heavy atom. The molecule has 3 aromatic heterocycles. The van der Waals surface area contributed by atoms with Crippen molar-refractivity contribution in [2.24, 2.45) is 0 Å². The van der Waals surface area contributed by atoms with E-state index in [0.29, 0.717) is 16.3 Å². The standard InChI is InChI=1S/C22H15F5N4Si.Pt/c1-32(2,20-7-3-5-16(28-20)14-10-9-13(23)11-15(14)24)21-8-4-6-17(29-21)18-12-19(31-30-18)22(25,26)27;/h3-9,11-12H,1-2H3;/q-2;+2. The van der Waals surface area contributed by atoms with Crippen molar-refractivity contribution in [3.63, 3.8) is 0 Å². The van der Waals surface area contributed by atoms with E-state index in [2.05, 4.69) is 26.2 Å². The Labute approximate surface area is 201 Å². The Kier molecular flexibility index (Phi) is 7.00. The van der Waals surface area contributed by atoms with Crippen LogP contribution in [-0.2, 0) is 27.2 Å². The van der Waals surface area contributed by atoms with Gasteiger partial charge in [-0.05, 0) is 30.0 Å². The van der Waals surface area contributed by atoms with Crippen LogP contribution < -0.4 is 15.7 Å². The molecule has 0 amide bonds. The number of rotatable bonds is 4. The molecule has 0 saturated heterocycles. The molecule has 0 bridgehead atoms. The zero-order valence-electron chi connectivity index (χ0n) is 17.2. The molecule has 0 aliphatic rings. The van der Waals surface area contributed by atoms with E-state index in [1.165, 1.54) is 0 Å². The molecule has 0 saturated carbocycles. The van der Waals surface area contributed by atoms with Crippen molar-refractivity contribution in [2.45, 2.75) is 19.3 Å². The van der Waals surface area contributed by atoms with E-state index in [0.717, 1.165) is 18.2 Å². The van der Waals surface area contributed by atoms with Crippen molar-refractivity contribution in [1.82, 2.24) is 20.2 Å². The Hall–Kier alpha value is -2.71. The van der Waals surface area contributed by atoms with Gasteiger partial charge in [-0.3, -0.25) is 13.8 Å². The number of aromatic nitrogens is 4. The van der Waals surface area contributed by atoms with Crippen LogP contribution >= 0.6 is 0 Å². The first-order valence-electron chi connectivity index (χ1n) is 9.46. The molecular weight excluding hydrogens is 638 g/mol. The zero-order valence-corrected chi connectivity index (χ0v) is 20.5. The fourth-order valence-electron chi connectivity index (χ4n) is 3.18. The SMILES string of the molecule is C[Si](C)(c1cccc(-c2cc(C(F)(F)F)n[n-]2)n1)c1cccc(-c2[c-]cc(F)cc2F)n1.[Pt+2]. The van der Waals surface area contributed by atoms with Gasteiger partial charge in [0.25, 0.3) is 0 Å². The number of pyridine rings is 2. The van der Waals surface area contributed by atoms with Gasteiger partial charge in [-0.1, -0.05) is 48.6 Å². The molecule has 0 aliphatic carbocycles. The summed E-state index contributed by atoms with van der Waals surface area (Å²) < 4.78 is 66.0. The molecule has 172 valence electrons. The van der Waals surface area contributed by atoms with Crippen LogP contribution in [0.15, 0.2) is 54.6 Å². The van der Waals surface area contributed by atoms with Gasteiger partial charge in [0.2, 0.25) is 0 Å². The van der Waals surface area contributed by atoms with Crippen molar-refractivity contribution in [1.29, 1.82) is 0 Å². The molecule has 4 aromatic rings. The predicted molar refractivity (Wildman–Crippen MR) is 111 cm³/mol. The second kappa shape index (κ2) is 9.27. The number of nitrogens with zero attached hydrogens (tertiary/aromatic N) is 4. The first kappa shape index (κ1) is 24.9. The first-order valence-corrected chi connectivity index (χ1v) is 12.5. The third-order valence-corrected chi connectivity index (χ3v) is 8.10. The maximum atomic E-state index is 14.2. The van der Waals surface area contributed by atoms with Gasteiger partial charge in [-0.2, -0.15) is 13.2 Å². The summed E-state index contributed by atoms with van der Waals surface area (Å²) in [5.41, 5.74) is -0.447. The maximum absolute atomic E-state index is 14.2. The van der Waals surface area contributed by atoms with Crippen molar-refractivity contribution < 1.29 is 43.0 Å². The van der Waals surface area contributed by atoms with Crippen LogP contribution in [0.4, 0.5) is 22.0 Å². The number of hydrogen-bond acceptors (Lipinski definition) is 3. The Bertz CT molecular complexity index is 1290. The molecule has 0 unspecified atom stereocenters. The summed E-state index contributed by atoms with van der Waals surface area (Å²) in [6.07, 6.45) is -4.59. The van der Waals surface area contributed by atoms with Crippen LogP contribution in [0.2, 0.25) is 13.1 Å². The summed E-state index contributed by atoms with van der Waals surface area (Å²) in [4.78, 5) is 9.11. The van der Waals surface area contributed by atoms with Gasteiger partial charge in [0.15, 0.2) is 8.07 Å². The number of halogens is 5. The summed E-state index contributed by atoms with van der Waals surface area (Å²) in [6.45, 7) is 3.93. The van der Waals surface area contributed by atoms with Crippen LogP contribution in [-0.4, -0.2) is 23.1 Å². The van der Waals surface area contributed by atoms with Crippen LogP contribution in [0.5, 0.6) is 0 Å². The van der Waals surface area contributed by atoms with Crippen LogP contribution in [0, 0.1) is 17.7 Å². The third-order valence-electron chi connectivity index (χ3n) is 4.98. The monoisotopic (exact) mass is 653 g/mol. The Balaban J connectivity index is 0.00000306. The van der Waals surface area contributed by atoms with Crippen molar-refractivity contribution in [3.8, 4) is 22.6 Å². The van der Waals surface area contributed by atoms with Crippen LogP contribution in [0.1, 0.15) is 5.69 Å². The molecular formula is C22H15F5N4PtSi. The molecule has 0 fully saturated rings. The van der Waals surface area contributed by atoms with Crippen molar-refractivity contribution in [3.05, 3.63) is 78.0 Å². The average Bonchev–Trinajstić information content (AvgIpc) is 3.25. The number of alkyl halides is 3. The van der Waals surface area contributed by atoms with Gasteiger partial charge in [-0.15, -0.1) is 12.1 Å². The van der Waals surface area contributed by atoms with E-state index >= 15 is 0 Å². The third kappa shape index (κ3) is 5.12. The van der Waals surface area contributed by atoms with E-state index in [-0.39, 0.29) is 38.0 Å². The summed E-state index contributed by atoms with van der Waals surface area (Å²) in [6, 6.07) is 15.3. The second-order valence-electron chi connectivity index (χ2n) is 7.59. The molecule has 0 aliphatic heterocycles. The minimum Gasteiger partial charge on any atom is -0.573 e. The van der Waals surface area contributed by atoms with E-state index in [9.17, 15) is 22.0 Å². The van der Waals surface area contributed by atoms with Gasteiger partial charge in [-0.25, -0.2) is 0 Å². The van der Waals surface area contributed by atoms with Crippen LogP contribution in [0.3, 0.4) is 0 Å². The van der Waals surface area contributed by atoms with Gasteiger partial charge in [0.1, 0.15) is 5.69 Å². The van der Waals surface area contributed by atoms with E-state index in [4.69, 9.17) is 0 Å². The van der Waals surface area contributed by atoms with E-state index < -0.39 is 31.6 Å². The normalized spacial score (nSPS) is 11.8. The summed E-state index contributed by atoms with van der Waals surface area (Å²) in [5, 5.41) is 8.12. The summed E-state index contributed by atoms with van der Waals surface area (Å²) in [5.74, 6) is -1.51. The molecule has 4 nitrogen and oxygen atoms in total. The molecule has 0 atom stereocenters.